The highest BCUT2D eigenvalue weighted by molar-refractivity contribution is 6.29. The summed E-state index contributed by atoms with van der Waals surface area (Å²) in [5.41, 5.74) is 10.1. The zero-order valence-corrected chi connectivity index (χ0v) is 19.1. The van der Waals surface area contributed by atoms with Gasteiger partial charge in [-0.15, -0.1) is 0 Å². The van der Waals surface area contributed by atoms with Crippen LogP contribution in [0.1, 0.15) is 0 Å². The summed E-state index contributed by atoms with van der Waals surface area (Å²) < 4.78 is 8.81. The van der Waals surface area contributed by atoms with Gasteiger partial charge in [-0.25, -0.2) is 9.97 Å². The summed E-state index contributed by atoms with van der Waals surface area (Å²) in [7, 11) is 0. The minimum absolute atomic E-state index is 0.886. The average Bonchev–Trinajstić information content (AvgIpc) is 3.58. The normalized spacial score (nSPS) is 12.4. The lowest BCUT2D eigenvalue weighted by Crippen LogP contribution is -1.88. The smallest absolute Gasteiger partial charge is 0.165 e. The second kappa shape index (κ2) is 6.37. The number of furan rings is 1. The number of para-hydroxylation sites is 3. The van der Waals surface area contributed by atoms with Crippen molar-refractivity contribution in [3.8, 4) is 11.1 Å². The van der Waals surface area contributed by atoms with Gasteiger partial charge < -0.3 is 4.42 Å². The van der Waals surface area contributed by atoms with Crippen LogP contribution in [-0.2, 0) is 0 Å². The van der Waals surface area contributed by atoms with Gasteiger partial charge in [0, 0.05) is 21.5 Å². The fourth-order valence-electron chi connectivity index (χ4n) is 5.93. The van der Waals surface area contributed by atoms with Crippen LogP contribution in [0.25, 0.3) is 82.5 Å². The van der Waals surface area contributed by atoms with Gasteiger partial charge in [-0.2, -0.15) is 0 Å². The van der Waals surface area contributed by atoms with E-state index in [2.05, 4.69) is 77.2 Å². The zero-order chi connectivity index (χ0) is 23.4. The van der Waals surface area contributed by atoms with E-state index in [9.17, 15) is 0 Å². The molecule has 0 N–H and O–H groups in total. The summed E-state index contributed by atoms with van der Waals surface area (Å²) in [6.45, 7) is 0. The Hall–Kier alpha value is -4.96. The third-order valence-corrected chi connectivity index (χ3v) is 7.51. The molecule has 0 radical (unpaired) electrons. The Morgan fingerprint density at radius 2 is 1.39 bits per heavy atom. The average molecular weight is 460 g/mol. The van der Waals surface area contributed by atoms with Gasteiger partial charge in [-0.1, -0.05) is 66.7 Å². The van der Waals surface area contributed by atoms with E-state index in [1.807, 2.05) is 30.3 Å². The lowest BCUT2D eigenvalue weighted by Gasteiger charge is -2.01. The maximum absolute atomic E-state index is 6.55. The summed E-state index contributed by atoms with van der Waals surface area (Å²) in [5.74, 6) is 0. The van der Waals surface area contributed by atoms with Crippen molar-refractivity contribution in [3.63, 3.8) is 0 Å². The largest absolute Gasteiger partial charge is 0.455 e. The van der Waals surface area contributed by atoms with Gasteiger partial charge in [-0.05, 0) is 47.5 Å². The van der Waals surface area contributed by atoms with Gasteiger partial charge in [0.1, 0.15) is 16.7 Å². The highest BCUT2D eigenvalue weighted by Gasteiger charge is 2.22. The van der Waals surface area contributed by atoms with Gasteiger partial charge >= 0.3 is 0 Å². The lowest BCUT2D eigenvalue weighted by molar-refractivity contribution is 0.673. The molecule has 0 bridgehead atoms. The molecule has 166 valence electrons. The van der Waals surface area contributed by atoms with Crippen LogP contribution in [0.15, 0.2) is 108 Å². The highest BCUT2D eigenvalue weighted by atomic mass is 16.3. The number of rotatable bonds is 1. The van der Waals surface area contributed by atoms with Crippen molar-refractivity contribution in [2.75, 3.05) is 0 Å². The minimum atomic E-state index is 0.886. The Bertz CT molecular complexity index is 2310. The molecule has 0 aliphatic rings. The standard InChI is InChI=1S/C32H17N3O/c1-2-7-18(8-3-1)19-13-16-27-23(17-19)20-14-15-26-28(31(20)36-27)21-9-6-10-22-29-32(35(26)30(21)22)34-25-12-5-4-11-24(25)33-29/h1-17H. The van der Waals surface area contributed by atoms with Crippen LogP contribution in [0.3, 0.4) is 0 Å². The highest BCUT2D eigenvalue weighted by Crippen LogP contribution is 2.43. The SMILES string of the molecule is c1ccc(-c2ccc3oc4c(ccc5c4c4cccc6c7nc8ccccc8nc7n5c64)c3c2)cc1. The number of hydrogen-bond acceptors (Lipinski definition) is 3. The molecule has 0 saturated carbocycles. The van der Waals surface area contributed by atoms with Crippen molar-refractivity contribution >= 4 is 71.3 Å². The van der Waals surface area contributed by atoms with Crippen molar-refractivity contribution in [2.45, 2.75) is 0 Å². The van der Waals surface area contributed by atoms with Crippen molar-refractivity contribution < 1.29 is 4.42 Å². The molecule has 36 heavy (non-hydrogen) atoms. The lowest BCUT2D eigenvalue weighted by atomic mass is 10.0. The topological polar surface area (TPSA) is 43.3 Å². The van der Waals surface area contributed by atoms with Crippen molar-refractivity contribution in [2.24, 2.45) is 0 Å². The van der Waals surface area contributed by atoms with E-state index in [1.54, 1.807) is 0 Å². The van der Waals surface area contributed by atoms with E-state index in [0.29, 0.717) is 0 Å². The zero-order valence-electron chi connectivity index (χ0n) is 19.1. The molecule has 9 rings (SSSR count). The van der Waals surface area contributed by atoms with Crippen LogP contribution in [0.2, 0.25) is 0 Å². The van der Waals surface area contributed by atoms with Gasteiger partial charge in [-0.3, -0.25) is 4.40 Å². The third-order valence-electron chi connectivity index (χ3n) is 7.51. The van der Waals surface area contributed by atoms with Crippen molar-refractivity contribution in [1.82, 2.24) is 14.4 Å². The van der Waals surface area contributed by atoms with E-state index >= 15 is 0 Å². The van der Waals surface area contributed by atoms with Gasteiger partial charge in [0.25, 0.3) is 0 Å². The monoisotopic (exact) mass is 459 g/mol. The van der Waals surface area contributed by atoms with Crippen molar-refractivity contribution in [1.29, 1.82) is 0 Å². The molecule has 9 aromatic rings. The molecular weight excluding hydrogens is 442 g/mol. The van der Waals surface area contributed by atoms with Crippen LogP contribution in [0.4, 0.5) is 0 Å². The van der Waals surface area contributed by atoms with Crippen LogP contribution in [0.5, 0.6) is 0 Å². The summed E-state index contributed by atoms with van der Waals surface area (Å²) in [6.07, 6.45) is 0. The van der Waals surface area contributed by atoms with Crippen molar-refractivity contribution in [3.05, 3.63) is 103 Å². The van der Waals surface area contributed by atoms with Crippen LogP contribution >= 0.6 is 0 Å². The molecule has 4 aromatic heterocycles. The molecule has 0 amide bonds. The number of fused-ring (bicyclic) bond motifs is 11. The minimum Gasteiger partial charge on any atom is -0.455 e. The van der Waals surface area contributed by atoms with E-state index in [-0.39, 0.29) is 0 Å². The molecule has 0 saturated heterocycles. The Balaban J connectivity index is 1.44. The maximum Gasteiger partial charge on any atom is 0.165 e. The number of aromatic nitrogens is 3. The fraction of sp³-hybridized carbons (Fsp3) is 0. The first-order valence-electron chi connectivity index (χ1n) is 12.1. The Labute approximate surface area is 204 Å². The van der Waals surface area contributed by atoms with Crippen LogP contribution < -0.4 is 0 Å². The molecule has 0 atom stereocenters. The number of benzene rings is 5. The number of hydrogen-bond donors (Lipinski definition) is 0. The Kier molecular flexibility index (Phi) is 3.25. The van der Waals surface area contributed by atoms with E-state index < -0.39 is 0 Å². The fourth-order valence-corrected chi connectivity index (χ4v) is 5.93. The van der Waals surface area contributed by atoms with E-state index in [1.165, 1.54) is 16.5 Å². The molecular formula is C32H17N3O. The molecule has 5 aromatic carbocycles. The maximum atomic E-state index is 6.55. The van der Waals surface area contributed by atoms with Gasteiger partial charge in [0.15, 0.2) is 5.65 Å². The molecule has 0 aliphatic heterocycles. The Morgan fingerprint density at radius 3 is 2.28 bits per heavy atom. The second-order valence-electron chi connectivity index (χ2n) is 9.44. The first-order valence-corrected chi connectivity index (χ1v) is 12.1. The second-order valence-corrected chi connectivity index (χ2v) is 9.44. The van der Waals surface area contributed by atoms with Gasteiger partial charge in [0.2, 0.25) is 0 Å². The molecule has 4 heterocycles. The summed E-state index contributed by atoms with van der Waals surface area (Å²) in [6, 6.07) is 35.9. The first kappa shape index (κ1) is 18.4. The molecule has 0 unspecified atom stereocenters. The van der Waals surface area contributed by atoms with E-state index in [4.69, 9.17) is 14.4 Å². The summed E-state index contributed by atoms with van der Waals surface area (Å²) in [5, 5.41) is 5.67. The summed E-state index contributed by atoms with van der Waals surface area (Å²) in [4.78, 5) is 10.1. The molecule has 0 fully saturated rings. The molecule has 0 aliphatic carbocycles. The third kappa shape index (κ3) is 2.19. The molecule has 4 heteroatoms. The predicted molar refractivity (Wildman–Crippen MR) is 147 cm³/mol. The predicted octanol–water partition coefficient (Wildman–Crippen LogP) is 8.35. The quantitative estimate of drug-likeness (QED) is 0.248. The first-order chi connectivity index (χ1) is 17.8. The number of nitrogens with zero attached hydrogens (tertiary/aromatic N) is 3. The molecule has 4 nitrogen and oxygen atoms in total. The van der Waals surface area contributed by atoms with E-state index in [0.717, 1.165) is 65.9 Å². The Morgan fingerprint density at radius 1 is 0.583 bits per heavy atom. The summed E-state index contributed by atoms with van der Waals surface area (Å²) >= 11 is 0. The molecule has 0 spiro atoms. The van der Waals surface area contributed by atoms with Crippen LogP contribution in [0, 0.1) is 0 Å². The van der Waals surface area contributed by atoms with Crippen LogP contribution in [-0.4, -0.2) is 14.4 Å². The van der Waals surface area contributed by atoms with Gasteiger partial charge in [0.05, 0.1) is 27.5 Å².